The van der Waals surface area contributed by atoms with Gasteiger partial charge in [-0.1, -0.05) is 18.2 Å². The fourth-order valence-electron chi connectivity index (χ4n) is 2.01. The topological polar surface area (TPSA) is 46.0 Å². The van der Waals surface area contributed by atoms with E-state index in [9.17, 15) is 9.50 Å². The Labute approximate surface area is 109 Å². The fraction of sp³-hybridized carbons (Fsp3) is 0.0667. The number of benzene rings is 1. The number of halogens is 1. The Morgan fingerprint density at radius 2 is 1.79 bits per heavy atom. The normalized spacial score (nSPS) is 12.5. The molecule has 0 aliphatic carbocycles. The van der Waals surface area contributed by atoms with Gasteiger partial charge in [-0.3, -0.25) is 9.97 Å². The summed E-state index contributed by atoms with van der Waals surface area (Å²) in [7, 11) is 0. The number of hydrogen-bond acceptors (Lipinski definition) is 3. The molecule has 2 aromatic heterocycles. The number of para-hydroxylation sites is 1. The van der Waals surface area contributed by atoms with Crippen LogP contribution in [0, 0.1) is 5.82 Å². The minimum absolute atomic E-state index is 0.414. The van der Waals surface area contributed by atoms with Gasteiger partial charge in [0.2, 0.25) is 0 Å². The van der Waals surface area contributed by atoms with Crippen LogP contribution in [0.4, 0.5) is 4.39 Å². The number of aromatic nitrogens is 2. The van der Waals surface area contributed by atoms with Crippen molar-refractivity contribution in [2.24, 2.45) is 0 Å². The minimum Gasteiger partial charge on any atom is -0.384 e. The number of aliphatic hydroxyl groups is 1. The van der Waals surface area contributed by atoms with E-state index in [0.717, 1.165) is 17.1 Å². The number of pyridine rings is 2. The van der Waals surface area contributed by atoms with Crippen LogP contribution in [0.3, 0.4) is 0 Å². The standard InChI is InChI=1S/C15H11FN2O/c16-13-6-12(7-17-9-13)15(19)11-5-10-3-1-2-4-14(10)18-8-11/h1-9,15,19H. The highest BCUT2D eigenvalue weighted by Gasteiger charge is 2.12. The van der Waals surface area contributed by atoms with E-state index in [0.29, 0.717) is 11.1 Å². The van der Waals surface area contributed by atoms with Crippen molar-refractivity contribution in [1.29, 1.82) is 0 Å². The minimum atomic E-state index is -0.930. The number of fused-ring (bicyclic) bond motifs is 1. The number of nitrogens with zero attached hydrogens (tertiary/aromatic N) is 2. The predicted molar refractivity (Wildman–Crippen MR) is 70.0 cm³/mol. The highest BCUT2D eigenvalue weighted by atomic mass is 19.1. The van der Waals surface area contributed by atoms with E-state index in [1.165, 1.54) is 12.3 Å². The maximum absolute atomic E-state index is 13.1. The van der Waals surface area contributed by atoms with Gasteiger partial charge in [0, 0.05) is 28.9 Å². The highest BCUT2D eigenvalue weighted by Crippen LogP contribution is 2.23. The maximum atomic E-state index is 13.1. The van der Waals surface area contributed by atoms with Gasteiger partial charge in [0.05, 0.1) is 11.7 Å². The van der Waals surface area contributed by atoms with Crippen LogP contribution >= 0.6 is 0 Å². The first kappa shape index (κ1) is 11.7. The molecular formula is C15H11FN2O. The maximum Gasteiger partial charge on any atom is 0.141 e. The molecule has 0 bridgehead atoms. The zero-order chi connectivity index (χ0) is 13.2. The average Bonchev–Trinajstić information content (AvgIpc) is 2.46. The molecule has 1 atom stereocenters. The zero-order valence-electron chi connectivity index (χ0n) is 9.99. The Kier molecular flexibility index (Phi) is 2.93. The molecule has 3 aromatic rings. The van der Waals surface area contributed by atoms with Crippen LogP contribution in [0.25, 0.3) is 10.9 Å². The summed E-state index contributed by atoms with van der Waals surface area (Å²) < 4.78 is 13.1. The Morgan fingerprint density at radius 3 is 2.63 bits per heavy atom. The van der Waals surface area contributed by atoms with E-state index in [4.69, 9.17) is 0 Å². The lowest BCUT2D eigenvalue weighted by Gasteiger charge is -2.11. The van der Waals surface area contributed by atoms with Crippen LogP contribution < -0.4 is 0 Å². The van der Waals surface area contributed by atoms with Crippen LogP contribution in [0.2, 0.25) is 0 Å². The fourth-order valence-corrected chi connectivity index (χ4v) is 2.01. The molecule has 19 heavy (non-hydrogen) atoms. The molecule has 0 saturated heterocycles. The molecule has 3 nitrogen and oxygen atoms in total. The summed E-state index contributed by atoms with van der Waals surface area (Å²) in [5.41, 5.74) is 1.89. The SMILES string of the molecule is OC(c1cncc(F)c1)c1cnc2ccccc2c1. The number of hydrogen-bond donors (Lipinski definition) is 1. The van der Waals surface area contributed by atoms with E-state index < -0.39 is 11.9 Å². The van der Waals surface area contributed by atoms with Crippen molar-refractivity contribution in [3.05, 3.63) is 71.9 Å². The Morgan fingerprint density at radius 1 is 1.00 bits per heavy atom. The summed E-state index contributed by atoms with van der Waals surface area (Å²) in [6.45, 7) is 0. The van der Waals surface area contributed by atoms with E-state index in [2.05, 4.69) is 9.97 Å². The predicted octanol–water partition coefficient (Wildman–Crippen LogP) is 2.85. The second-order valence-electron chi connectivity index (χ2n) is 4.30. The third-order valence-corrected chi connectivity index (χ3v) is 2.97. The first-order chi connectivity index (χ1) is 9.24. The van der Waals surface area contributed by atoms with Crippen LogP contribution in [-0.4, -0.2) is 15.1 Å². The third-order valence-electron chi connectivity index (χ3n) is 2.97. The van der Waals surface area contributed by atoms with Gasteiger partial charge >= 0.3 is 0 Å². The van der Waals surface area contributed by atoms with E-state index in [-0.39, 0.29) is 0 Å². The summed E-state index contributed by atoms with van der Waals surface area (Å²) in [5.74, 6) is -0.467. The molecule has 4 heteroatoms. The molecule has 0 saturated carbocycles. The van der Waals surface area contributed by atoms with Crippen molar-refractivity contribution in [2.75, 3.05) is 0 Å². The molecule has 94 valence electrons. The molecule has 1 unspecified atom stereocenters. The molecule has 2 heterocycles. The second-order valence-corrected chi connectivity index (χ2v) is 4.30. The molecule has 3 rings (SSSR count). The summed E-state index contributed by atoms with van der Waals surface area (Å²) in [5, 5.41) is 11.2. The van der Waals surface area contributed by atoms with Gasteiger partial charge in [0.15, 0.2) is 0 Å². The monoisotopic (exact) mass is 254 g/mol. The van der Waals surface area contributed by atoms with Gasteiger partial charge in [-0.25, -0.2) is 4.39 Å². The third kappa shape index (κ3) is 2.30. The number of aliphatic hydroxyl groups excluding tert-OH is 1. The molecule has 0 spiro atoms. The second kappa shape index (κ2) is 4.74. The molecular weight excluding hydrogens is 243 g/mol. The largest absolute Gasteiger partial charge is 0.384 e. The van der Waals surface area contributed by atoms with Crippen molar-refractivity contribution in [3.63, 3.8) is 0 Å². The summed E-state index contributed by atoms with van der Waals surface area (Å²) in [6, 6.07) is 10.7. The van der Waals surface area contributed by atoms with Gasteiger partial charge in [0.25, 0.3) is 0 Å². The van der Waals surface area contributed by atoms with Gasteiger partial charge < -0.3 is 5.11 Å². The van der Waals surface area contributed by atoms with Crippen LogP contribution in [0.5, 0.6) is 0 Å². The lowest BCUT2D eigenvalue weighted by Crippen LogP contribution is -2.01. The van der Waals surface area contributed by atoms with Gasteiger partial charge in [-0.2, -0.15) is 0 Å². The molecule has 0 amide bonds. The lowest BCUT2D eigenvalue weighted by atomic mass is 10.0. The Bertz CT molecular complexity index is 730. The summed E-state index contributed by atoms with van der Waals surface area (Å²) in [4.78, 5) is 8.01. The van der Waals surface area contributed by atoms with Crippen molar-refractivity contribution in [1.82, 2.24) is 9.97 Å². The summed E-state index contributed by atoms with van der Waals surface area (Å²) >= 11 is 0. The van der Waals surface area contributed by atoms with Crippen molar-refractivity contribution >= 4 is 10.9 Å². The lowest BCUT2D eigenvalue weighted by molar-refractivity contribution is 0.219. The zero-order valence-corrected chi connectivity index (χ0v) is 9.99. The van der Waals surface area contributed by atoms with E-state index in [1.807, 2.05) is 30.3 Å². The van der Waals surface area contributed by atoms with Crippen LogP contribution in [0.1, 0.15) is 17.2 Å². The molecule has 0 aliphatic rings. The highest BCUT2D eigenvalue weighted by molar-refractivity contribution is 5.78. The van der Waals surface area contributed by atoms with Crippen molar-refractivity contribution in [3.8, 4) is 0 Å². The van der Waals surface area contributed by atoms with Gasteiger partial charge in [-0.05, 0) is 18.2 Å². The van der Waals surface area contributed by atoms with Gasteiger partial charge in [-0.15, -0.1) is 0 Å². The molecule has 1 aromatic carbocycles. The Balaban J connectivity index is 2.04. The molecule has 0 fully saturated rings. The van der Waals surface area contributed by atoms with E-state index >= 15 is 0 Å². The van der Waals surface area contributed by atoms with E-state index in [1.54, 1.807) is 6.20 Å². The first-order valence-corrected chi connectivity index (χ1v) is 5.87. The van der Waals surface area contributed by atoms with Crippen LogP contribution in [-0.2, 0) is 0 Å². The molecule has 0 aliphatic heterocycles. The number of rotatable bonds is 2. The smallest absolute Gasteiger partial charge is 0.141 e. The average molecular weight is 254 g/mol. The molecule has 1 N–H and O–H groups in total. The van der Waals surface area contributed by atoms with Crippen molar-refractivity contribution in [2.45, 2.75) is 6.10 Å². The Hall–Kier alpha value is -2.33. The quantitative estimate of drug-likeness (QED) is 0.764. The summed E-state index contributed by atoms with van der Waals surface area (Å²) in [6.07, 6.45) is 3.22. The molecule has 0 radical (unpaired) electrons. The first-order valence-electron chi connectivity index (χ1n) is 5.87. The van der Waals surface area contributed by atoms with Crippen molar-refractivity contribution < 1.29 is 9.50 Å². The van der Waals surface area contributed by atoms with Gasteiger partial charge in [0.1, 0.15) is 11.9 Å². The van der Waals surface area contributed by atoms with Crippen LogP contribution in [0.15, 0.2) is 55.0 Å².